The summed E-state index contributed by atoms with van der Waals surface area (Å²) in [5.41, 5.74) is -0.561. The first-order chi connectivity index (χ1) is 17.7. The van der Waals surface area contributed by atoms with E-state index in [1.54, 1.807) is 20.9 Å². The van der Waals surface area contributed by atoms with Gasteiger partial charge < -0.3 is 29.5 Å². The zero-order valence-electron chi connectivity index (χ0n) is 20.9. The van der Waals surface area contributed by atoms with Gasteiger partial charge in [0.25, 0.3) is 0 Å². The number of urea groups is 1. The number of anilines is 1. The van der Waals surface area contributed by atoms with Gasteiger partial charge >= 0.3 is 12.2 Å². The highest BCUT2D eigenvalue weighted by atomic mass is 19.4. The lowest BCUT2D eigenvalue weighted by molar-refractivity contribution is -0.140. The van der Waals surface area contributed by atoms with E-state index in [0.29, 0.717) is 57.6 Å². The first kappa shape index (κ1) is 25.7. The molecule has 3 atom stereocenters. The van der Waals surface area contributed by atoms with Crippen LogP contribution in [0.4, 0.5) is 23.7 Å². The van der Waals surface area contributed by atoms with Gasteiger partial charge in [0.05, 0.1) is 23.4 Å². The summed E-state index contributed by atoms with van der Waals surface area (Å²) in [6.07, 6.45) is 2.20. The quantitative estimate of drug-likeness (QED) is 0.652. The number of halogens is 3. The second-order valence-electron chi connectivity index (χ2n) is 10.1. The Morgan fingerprint density at radius 1 is 1.16 bits per heavy atom. The van der Waals surface area contributed by atoms with Crippen molar-refractivity contribution in [2.24, 2.45) is 0 Å². The number of alkyl halides is 3. The fourth-order valence-electron chi connectivity index (χ4n) is 5.68. The Balaban J connectivity index is 1.19. The first-order valence-corrected chi connectivity index (χ1v) is 13.0. The molecule has 1 aromatic rings. The van der Waals surface area contributed by atoms with Crippen molar-refractivity contribution in [1.82, 2.24) is 15.1 Å². The van der Waals surface area contributed by atoms with Gasteiger partial charge in [-0.25, -0.2) is 4.79 Å². The van der Waals surface area contributed by atoms with Crippen LogP contribution in [-0.2, 0) is 15.7 Å². The van der Waals surface area contributed by atoms with E-state index in [0.717, 1.165) is 12.5 Å². The number of ether oxygens (including phenoxy) is 2. The van der Waals surface area contributed by atoms with Gasteiger partial charge in [0.1, 0.15) is 18.5 Å². The third kappa shape index (κ3) is 5.51. The van der Waals surface area contributed by atoms with Gasteiger partial charge in [-0.3, -0.25) is 4.79 Å². The molecule has 0 bridgehead atoms. The maximum atomic E-state index is 13.7. The summed E-state index contributed by atoms with van der Waals surface area (Å²) >= 11 is 0. The fourth-order valence-corrected chi connectivity index (χ4v) is 5.68. The molecule has 2 unspecified atom stereocenters. The molecular formula is C26H33F3N4O4. The van der Waals surface area contributed by atoms with Crippen molar-refractivity contribution in [2.75, 3.05) is 37.7 Å². The Kier molecular flexibility index (Phi) is 7.24. The summed E-state index contributed by atoms with van der Waals surface area (Å²) in [4.78, 5) is 30.0. The molecule has 1 aromatic carbocycles. The predicted octanol–water partition coefficient (Wildman–Crippen LogP) is 3.76. The minimum atomic E-state index is -4.46. The highest BCUT2D eigenvalue weighted by Crippen LogP contribution is 2.41. The molecule has 0 spiro atoms. The van der Waals surface area contributed by atoms with Gasteiger partial charge in [-0.15, -0.1) is 0 Å². The minimum Gasteiger partial charge on any atom is -0.490 e. The van der Waals surface area contributed by atoms with Crippen molar-refractivity contribution in [2.45, 2.75) is 69.5 Å². The molecule has 0 aromatic heterocycles. The van der Waals surface area contributed by atoms with E-state index in [9.17, 15) is 22.8 Å². The number of amides is 3. The molecule has 5 rings (SSSR count). The molecule has 4 heterocycles. The van der Waals surface area contributed by atoms with Crippen molar-refractivity contribution >= 4 is 17.6 Å². The van der Waals surface area contributed by atoms with E-state index in [2.05, 4.69) is 5.32 Å². The van der Waals surface area contributed by atoms with E-state index in [1.807, 2.05) is 13.0 Å². The number of likely N-dealkylation sites (tertiary alicyclic amines) is 2. The van der Waals surface area contributed by atoms with Gasteiger partial charge in [-0.2, -0.15) is 13.2 Å². The Hall–Kier alpha value is -2.95. The molecule has 1 N–H and O–H groups in total. The lowest BCUT2D eigenvalue weighted by Gasteiger charge is -2.43. The summed E-state index contributed by atoms with van der Waals surface area (Å²) < 4.78 is 52.9. The van der Waals surface area contributed by atoms with Crippen LogP contribution in [0, 0.1) is 0 Å². The summed E-state index contributed by atoms with van der Waals surface area (Å²) in [6.45, 7) is 4.02. The average molecular weight is 523 g/mol. The van der Waals surface area contributed by atoms with Crippen LogP contribution in [0.15, 0.2) is 30.5 Å². The molecule has 37 heavy (non-hydrogen) atoms. The van der Waals surface area contributed by atoms with Crippen molar-refractivity contribution in [3.63, 3.8) is 0 Å². The summed E-state index contributed by atoms with van der Waals surface area (Å²) in [7, 11) is 0. The van der Waals surface area contributed by atoms with Crippen LogP contribution in [0.25, 0.3) is 0 Å². The fraction of sp³-hybridized carbons (Fsp3) is 0.615. The molecule has 11 heteroatoms. The molecule has 3 amide bonds. The van der Waals surface area contributed by atoms with Gasteiger partial charge in [0.15, 0.2) is 0 Å². The Morgan fingerprint density at radius 3 is 2.65 bits per heavy atom. The first-order valence-electron chi connectivity index (χ1n) is 13.0. The van der Waals surface area contributed by atoms with E-state index < -0.39 is 11.7 Å². The van der Waals surface area contributed by atoms with Crippen molar-refractivity contribution < 1.29 is 32.2 Å². The van der Waals surface area contributed by atoms with Crippen LogP contribution in [-0.4, -0.2) is 78.8 Å². The van der Waals surface area contributed by atoms with Crippen LogP contribution < -0.4 is 15.0 Å². The van der Waals surface area contributed by atoms with Crippen LogP contribution in [0.5, 0.6) is 5.75 Å². The lowest BCUT2D eigenvalue weighted by atomic mass is 10.0. The molecule has 0 aliphatic carbocycles. The third-order valence-corrected chi connectivity index (χ3v) is 7.70. The molecule has 0 saturated carbocycles. The number of hydrogen-bond donors (Lipinski definition) is 1. The number of hydrogen-bond acceptors (Lipinski definition) is 5. The molecular weight excluding hydrogens is 489 g/mol. The number of rotatable bonds is 4. The van der Waals surface area contributed by atoms with Crippen LogP contribution in [0.3, 0.4) is 0 Å². The number of benzene rings is 1. The maximum Gasteiger partial charge on any atom is 0.418 e. The van der Waals surface area contributed by atoms with Crippen molar-refractivity contribution in [3.8, 4) is 5.75 Å². The smallest absolute Gasteiger partial charge is 0.418 e. The van der Waals surface area contributed by atoms with Crippen molar-refractivity contribution in [3.05, 3.63) is 36.0 Å². The Morgan fingerprint density at radius 2 is 1.92 bits per heavy atom. The minimum absolute atomic E-state index is 0.0100. The topological polar surface area (TPSA) is 74.3 Å². The SMILES string of the molecule is CCC1CC=CN1c1cc(OC2CCN(C(=O)N3CCC4OCC(=O)N[C@@H]4C3)CC2)ccc1C(F)(F)F. The van der Waals surface area contributed by atoms with E-state index >= 15 is 0 Å². The van der Waals surface area contributed by atoms with Crippen LogP contribution >= 0.6 is 0 Å². The number of carbonyl (C=O) groups excluding carboxylic acids is 2. The highest BCUT2D eigenvalue weighted by molar-refractivity contribution is 5.79. The van der Waals surface area contributed by atoms with E-state index in [1.165, 1.54) is 12.1 Å². The molecule has 8 nitrogen and oxygen atoms in total. The standard InChI is InChI=1S/C26H33F3N4O4/c1-2-17-4-3-10-33(17)22-14-19(5-6-20(22)26(27,28)29)37-18-7-11-31(12-8-18)25(35)32-13-9-23-21(15-32)30-24(34)16-36-23/h3,5-6,10,14,17-18,21,23H,2,4,7-9,11-13,15-16H2,1H3,(H,30,34)/t17?,21-,23?/m1/s1. The average Bonchev–Trinajstić information content (AvgIpc) is 3.36. The molecule has 0 radical (unpaired) electrons. The Bertz CT molecular complexity index is 1040. The van der Waals surface area contributed by atoms with E-state index in [-0.39, 0.29) is 48.5 Å². The maximum absolute atomic E-state index is 13.7. The van der Waals surface area contributed by atoms with Gasteiger partial charge in [0.2, 0.25) is 5.91 Å². The van der Waals surface area contributed by atoms with Gasteiger partial charge in [-0.1, -0.05) is 13.0 Å². The molecule has 202 valence electrons. The number of piperidine rings is 2. The monoisotopic (exact) mass is 522 g/mol. The third-order valence-electron chi connectivity index (χ3n) is 7.70. The molecule has 4 aliphatic rings. The molecule has 3 saturated heterocycles. The predicted molar refractivity (Wildman–Crippen MR) is 130 cm³/mol. The number of morpholine rings is 1. The van der Waals surface area contributed by atoms with Crippen molar-refractivity contribution in [1.29, 1.82) is 0 Å². The largest absolute Gasteiger partial charge is 0.490 e. The summed E-state index contributed by atoms with van der Waals surface area (Å²) in [6, 6.07) is 3.70. The highest BCUT2D eigenvalue weighted by Gasteiger charge is 2.39. The van der Waals surface area contributed by atoms with Gasteiger partial charge in [0, 0.05) is 57.3 Å². The summed E-state index contributed by atoms with van der Waals surface area (Å²) in [5, 5.41) is 2.91. The zero-order chi connectivity index (χ0) is 26.2. The Labute approximate surface area is 214 Å². The zero-order valence-corrected chi connectivity index (χ0v) is 20.9. The second kappa shape index (κ2) is 10.4. The summed E-state index contributed by atoms with van der Waals surface area (Å²) in [5.74, 6) is 0.240. The van der Waals surface area contributed by atoms with Gasteiger partial charge in [-0.05, 0) is 31.4 Å². The second-order valence-corrected chi connectivity index (χ2v) is 10.1. The normalized spacial score (nSPS) is 26.8. The number of fused-ring (bicyclic) bond motifs is 1. The van der Waals surface area contributed by atoms with Crippen LogP contribution in [0.1, 0.15) is 44.6 Å². The number of nitrogens with one attached hydrogen (secondary N) is 1. The number of carbonyl (C=O) groups is 2. The molecule has 3 fully saturated rings. The number of nitrogens with zero attached hydrogens (tertiary/aromatic N) is 3. The van der Waals surface area contributed by atoms with Crippen LogP contribution in [0.2, 0.25) is 0 Å². The molecule has 4 aliphatic heterocycles. The van der Waals surface area contributed by atoms with E-state index in [4.69, 9.17) is 9.47 Å². The lowest BCUT2D eigenvalue weighted by Crippen LogP contribution is -2.62.